The topological polar surface area (TPSA) is 457 Å². The van der Waals surface area contributed by atoms with Crippen molar-refractivity contribution in [3.05, 3.63) is 83.9 Å². The molecule has 0 bridgehead atoms. The molecule has 3 saturated heterocycles. The van der Waals surface area contributed by atoms with Crippen molar-refractivity contribution in [2.45, 2.75) is 139 Å². The largest absolute Gasteiger partial charge is 1.00 e. The van der Waals surface area contributed by atoms with E-state index in [1.165, 1.54) is 25.1 Å². The van der Waals surface area contributed by atoms with Crippen molar-refractivity contribution in [3.63, 3.8) is 0 Å². The first-order chi connectivity index (χ1) is 41.5. The number of nitrogens with one attached hydrogen (secondary N) is 5. The molecule has 13 atom stereocenters. The van der Waals surface area contributed by atoms with E-state index in [-0.39, 0.29) is 58.8 Å². The van der Waals surface area contributed by atoms with E-state index in [4.69, 9.17) is 19.2 Å². The van der Waals surface area contributed by atoms with Crippen LogP contribution in [0, 0.1) is 5.92 Å². The fraction of sp³-hybridized carbons (Fsp3) is 0.482. The van der Waals surface area contributed by atoms with Crippen molar-refractivity contribution in [2.75, 3.05) is 26.2 Å². The molecule has 3 aromatic carbocycles. The van der Waals surface area contributed by atoms with Gasteiger partial charge in [-0.2, -0.15) is 0 Å². The standard InChI is InChI=1S/C56H71N9O21S.Na/c1-4-5-6-17-82-35-14-12-31(13-15-35)42-22-36(63-83-42)30-8-10-32(11-9-30)50(74)59-37-20-33(67)24-58-54(78)48-49(73)27(2)25-65(48)56(80)47(41(71)23-44(57)72)62-53(77)46(40(70)18-29-7-16-39(69)43(19-29)84-87-86-85-81)61-52(76)38-21-34(68)26-64(38)55(79)45(28(3)66)60-51(37)75;/h7-16,19,22,27-28,33-34,37-38,40-41,45-49,66-71,73,81H,4-6,17-18,20-21,23-26H2,1-3H3,(H2,57,72)(H,58,78)(H,59,74)(H,60,75)(H,61,76)(H,62,77);/q;+1/p-1/t27?,28?,33?,34?,37-,38?,40?,41?,45?,46?,47?,48?,49?;/m0./s1. The van der Waals surface area contributed by atoms with Crippen molar-refractivity contribution in [1.29, 1.82) is 0 Å². The Kier molecular flexibility index (Phi) is 25.9. The second-order valence-corrected chi connectivity index (χ2v) is 21.9. The molecule has 4 aromatic rings. The van der Waals surface area contributed by atoms with Crippen molar-refractivity contribution in [2.24, 2.45) is 11.7 Å². The van der Waals surface area contributed by atoms with Crippen LogP contribution in [0.15, 0.2) is 77.3 Å². The Morgan fingerprint density at radius 3 is 2.16 bits per heavy atom. The average molecular weight is 1260 g/mol. The number of aromatic nitrogens is 1. The second kappa shape index (κ2) is 32.5. The number of nitrogens with two attached hydrogens (primary N) is 1. The predicted molar refractivity (Wildman–Crippen MR) is 300 cm³/mol. The second-order valence-electron chi connectivity index (χ2n) is 21.5. The fourth-order valence-electron chi connectivity index (χ4n) is 10.3. The van der Waals surface area contributed by atoms with Gasteiger partial charge in [-0.3, -0.25) is 43.4 Å². The molecule has 3 aliphatic heterocycles. The molecule has 3 aliphatic rings. The maximum atomic E-state index is 14.7. The van der Waals surface area contributed by atoms with Crippen LogP contribution in [-0.4, -0.2) is 197 Å². The number of aromatic hydroxyl groups is 1. The number of aliphatic hydroxyl groups excluding tert-OH is 6. The molecule has 0 aliphatic carbocycles. The zero-order valence-electron chi connectivity index (χ0n) is 48.4. The van der Waals surface area contributed by atoms with Gasteiger partial charge in [0, 0.05) is 67.6 Å². The summed E-state index contributed by atoms with van der Waals surface area (Å²) < 4.78 is 20.6. The number of carbonyl (C=O) groups excluding carboxylic acids is 8. The summed E-state index contributed by atoms with van der Waals surface area (Å²) in [7, 11) is 0. The molecule has 3 fully saturated rings. The summed E-state index contributed by atoms with van der Waals surface area (Å²) in [6, 6.07) is 6.63. The maximum absolute atomic E-state index is 14.7. The van der Waals surface area contributed by atoms with E-state index in [1.807, 2.05) is 24.3 Å². The minimum atomic E-state index is -2.22. The molecule has 0 saturated carbocycles. The van der Waals surface area contributed by atoms with Crippen LogP contribution < -0.4 is 76.1 Å². The van der Waals surface area contributed by atoms with E-state index < -0.39 is 177 Å². The first kappa shape index (κ1) is 70.1. The van der Waals surface area contributed by atoms with Crippen LogP contribution in [0.3, 0.4) is 0 Å². The summed E-state index contributed by atoms with van der Waals surface area (Å²) in [5.74, 6) is -10.1. The maximum Gasteiger partial charge on any atom is 1.00 e. The van der Waals surface area contributed by atoms with Crippen molar-refractivity contribution in [1.82, 2.24) is 41.5 Å². The number of benzene rings is 3. The van der Waals surface area contributed by atoms with E-state index in [9.17, 15) is 79.4 Å². The van der Waals surface area contributed by atoms with E-state index in [0.717, 1.165) is 53.7 Å². The molecule has 0 radical (unpaired) electrons. The summed E-state index contributed by atoms with van der Waals surface area (Å²) >= 11 is -0.00695. The van der Waals surface area contributed by atoms with Gasteiger partial charge in [0.25, 0.3) is 18.2 Å². The zero-order valence-corrected chi connectivity index (χ0v) is 51.2. The van der Waals surface area contributed by atoms with E-state index in [1.54, 1.807) is 18.2 Å². The van der Waals surface area contributed by atoms with Crippen LogP contribution in [0.2, 0.25) is 0 Å². The minimum absolute atomic E-state index is 0. The molecule has 1 aromatic heterocycles. The molecule has 14 N–H and O–H groups in total. The zero-order chi connectivity index (χ0) is 63.2. The van der Waals surface area contributed by atoms with E-state index >= 15 is 0 Å². The van der Waals surface area contributed by atoms with Crippen LogP contribution in [0.25, 0.3) is 22.6 Å². The molecule has 30 nitrogen and oxygen atoms in total. The van der Waals surface area contributed by atoms with Gasteiger partial charge in [-0.05, 0) is 67.4 Å². The number of β-amino-alcohol motifs (C(OH)–C–C–N with tert-alkyl or cyclic N) is 1. The number of phenolic OH excluding ortho intramolecular Hbond substituents is 1. The molecule has 12 unspecified atom stereocenters. The number of primary amides is 1. The number of aliphatic hydroxyl groups is 6. The molecule has 0 spiro atoms. The first-order valence-electron chi connectivity index (χ1n) is 27.9. The molecule has 8 amide bonds. The smallest absolute Gasteiger partial charge is 0.691 e. The van der Waals surface area contributed by atoms with Gasteiger partial charge in [-0.15, -0.1) is 4.33 Å². The van der Waals surface area contributed by atoms with Crippen LogP contribution in [0.4, 0.5) is 0 Å². The Labute approximate surface area is 530 Å². The monoisotopic (exact) mass is 1260 g/mol. The Morgan fingerprint density at radius 2 is 1.49 bits per heavy atom. The van der Waals surface area contributed by atoms with Crippen molar-refractivity contribution >= 4 is 59.6 Å². The van der Waals surface area contributed by atoms with Crippen LogP contribution in [0.1, 0.15) is 75.2 Å². The molecule has 88 heavy (non-hydrogen) atoms. The predicted octanol–water partition coefficient (Wildman–Crippen LogP) is -5.72. The third-order valence-corrected chi connectivity index (χ3v) is 15.3. The SMILES string of the molecule is CCCCCOc1ccc(-c2cc(-c3ccc(C(=O)N[C@H]4CC(O)CNC(=O)C5C(O)C(C)CN5C(=O)C(C(O)CC(N)=O)NC(=O)C(C(O)Cc5ccc(O)c(OSOO[O-])c5)NC(=O)C5CC(O)CN5C(=O)C(C(C)O)NC4=O)cc3)no2)cc1.[Na+]. The Hall–Kier alpha value is -6.98. The summed E-state index contributed by atoms with van der Waals surface area (Å²) in [6.07, 6.45) is -10.6. The molecule has 4 heterocycles. The normalized spacial score (nSPS) is 25.1. The summed E-state index contributed by atoms with van der Waals surface area (Å²) in [5.41, 5.74) is 7.12. The number of fused-ring (bicyclic) bond motifs is 2. The third-order valence-electron chi connectivity index (χ3n) is 14.9. The molecular formula is C56H70N9NaO21S. The van der Waals surface area contributed by atoms with E-state index in [2.05, 4.69) is 48.0 Å². The minimum Gasteiger partial charge on any atom is -0.691 e. The Balaban J connectivity index is 0.0000124. The van der Waals surface area contributed by atoms with Crippen molar-refractivity contribution in [3.8, 4) is 39.8 Å². The van der Waals surface area contributed by atoms with Gasteiger partial charge in [-0.25, -0.2) is 0 Å². The molecular weight excluding hydrogens is 1190 g/mol. The number of nitrogens with zero attached hydrogens (tertiary/aromatic N) is 3. The van der Waals surface area contributed by atoms with Gasteiger partial charge >= 0.3 is 29.6 Å². The third kappa shape index (κ3) is 18.1. The summed E-state index contributed by atoms with van der Waals surface area (Å²) in [6.45, 7) is 3.53. The quantitative estimate of drug-likeness (QED) is 0.0129. The number of hydrogen-bond acceptors (Lipinski definition) is 23. The van der Waals surface area contributed by atoms with E-state index in [0.29, 0.717) is 29.4 Å². The van der Waals surface area contributed by atoms with Gasteiger partial charge in [0.05, 0.1) is 49.7 Å². The molecule has 472 valence electrons. The number of amides is 8. The van der Waals surface area contributed by atoms with Gasteiger partial charge in [-0.1, -0.05) is 50.0 Å². The van der Waals surface area contributed by atoms with Gasteiger partial charge in [0.1, 0.15) is 47.7 Å². The first-order valence-corrected chi connectivity index (χ1v) is 28.5. The summed E-state index contributed by atoms with van der Waals surface area (Å²) in [4.78, 5) is 115. The van der Waals surface area contributed by atoms with Gasteiger partial charge < -0.3 is 96.6 Å². The van der Waals surface area contributed by atoms with Crippen LogP contribution in [0.5, 0.6) is 17.2 Å². The number of carbonyl (C=O) groups is 8. The molecule has 7 rings (SSSR count). The van der Waals surface area contributed by atoms with Gasteiger partial charge in [0.15, 0.2) is 17.3 Å². The number of rotatable bonds is 20. The van der Waals surface area contributed by atoms with Gasteiger partial charge in [0.2, 0.25) is 41.4 Å². The summed E-state index contributed by atoms with van der Waals surface area (Å²) in [5, 5.41) is 108. The number of unbranched alkanes of at least 4 members (excludes halogenated alkanes) is 2. The van der Waals surface area contributed by atoms with Crippen LogP contribution in [-0.2, 0) is 49.4 Å². The Morgan fingerprint density at radius 1 is 0.818 bits per heavy atom. The number of phenols is 1. The average Bonchev–Trinajstić information content (AvgIpc) is 1.95. The molecule has 32 heteroatoms. The fourth-order valence-corrected chi connectivity index (χ4v) is 10.5. The van der Waals surface area contributed by atoms with Crippen molar-refractivity contribution < 1.29 is 132 Å². The number of ether oxygens (including phenoxy) is 1. The Bertz CT molecular complexity index is 3070. The van der Waals surface area contributed by atoms with Crippen LogP contribution >= 0.6 is 12.3 Å². The number of hydrogen-bond donors (Lipinski definition) is 13.